The van der Waals surface area contributed by atoms with Crippen LogP contribution in [0.5, 0.6) is 0 Å². The van der Waals surface area contributed by atoms with E-state index in [1.165, 1.54) is 17.6 Å². The van der Waals surface area contributed by atoms with Gasteiger partial charge in [-0.2, -0.15) is 0 Å². The lowest BCUT2D eigenvalue weighted by Gasteiger charge is -1.98. The highest BCUT2D eigenvalue weighted by Gasteiger charge is 1.97. The Kier molecular flexibility index (Phi) is 4.13. The van der Waals surface area contributed by atoms with Crippen LogP contribution in [0.3, 0.4) is 0 Å². The molecule has 3 nitrogen and oxygen atoms in total. The normalized spacial score (nSPS) is 10.5. The van der Waals surface area contributed by atoms with Crippen molar-refractivity contribution in [1.29, 1.82) is 0 Å². The van der Waals surface area contributed by atoms with E-state index in [9.17, 15) is 4.79 Å². The molecule has 0 aliphatic rings. The van der Waals surface area contributed by atoms with Crippen LogP contribution in [0, 0.1) is 0 Å². The Morgan fingerprint density at radius 1 is 1.57 bits per heavy atom. The molecule has 0 saturated heterocycles. The number of halogens is 2. The summed E-state index contributed by atoms with van der Waals surface area (Å²) in [7, 11) is 0. The molecule has 0 aliphatic heterocycles. The molecule has 1 aromatic carbocycles. The van der Waals surface area contributed by atoms with Crippen LogP contribution in [0.2, 0.25) is 5.02 Å². The minimum atomic E-state index is -0.594. The van der Waals surface area contributed by atoms with Crippen molar-refractivity contribution in [2.24, 2.45) is 0 Å². The number of amides is 1. The summed E-state index contributed by atoms with van der Waals surface area (Å²) in [5.41, 5.74) is 2.19. The minimum absolute atomic E-state index is 0.529. The van der Waals surface area contributed by atoms with E-state index >= 15 is 0 Å². The zero-order valence-electron chi connectivity index (χ0n) is 7.00. The standard InChI is InChI=1S/C9H7BrClNO2/c10-7-3-1-6(8(11)5-7)2-4-9(13)12-14/h1-5,14H,(H,12,13)/b4-2+. The summed E-state index contributed by atoms with van der Waals surface area (Å²) in [6.07, 6.45) is 2.70. The Labute approximate surface area is 94.5 Å². The second kappa shape index (κ2) is 5.14. The van der Waals surface area contributed by atoms with E-state index in [4.69, 9.17) is 16.8 Å². The Morgan fingerprint density at radius 2 is 2.29 bits per heavy atom. The van der Waals surface area contributed by atoms with E-state index in [1.54, 1.807) is 12.1 Å². The van der Waals surface area contributed by atoms with Gasteiger partial charge in [0, 0.05) is 15.6 Å². The van der Waals surface area contributed by atoms with Crippen LogP contribution in [-0.2, 0) is 4.79 Å². The van der Waals surface area contributed by atoms with Crippen LogP contribution in [-0.4, -0.2) is 11.1 Å². The molecule has 2 N–H and O–H groups in total. The molecule has 0 radical (unpaired) electrons. The SMILES string of the molecule is O=C(/C=C/c1ccc(Br)cc1Cl)NO. The monoisotopic (exact) mass is 275 g/mol. The number of carbonyl (C=O) groups excluding carboxylic acids is 1. The fraction of sp³-hybridized carbons (Fsp3) is 0. The molecule has 0 atom stereocenters. The molecule has 1 aromatic rings. The van der Waals surface area contributed by atoms with Crippen LogP contribution < -0.4 is 5.48 Å². The lowest BCUT2D eigenvalue weighted by atomic mass is 10.2. The van der Waals surface area contributed by atoms with Gasteiger partial charge >= 0.3 is 0 Å². The molecule has 5 heteroatoms. The fourth-order valence-electron chi connectivity index (χ4n) is 0.839. The van der Waals surface area contributed by atoms with Crippen molar-refractivity contribution < 1.29 is 10.0 Å². The van der Waals surface area contributed by atoms with Crippen molar-refractivity contribution in [3.8, 4) is 0 Å². The summed E-state index contributed by atoms with van der Waals surface area (Å²) < 4.78 is 0.867. The highest BCUT2D eigenvalue weighted by molar-refractivity contribution is 9.10. The van der Waals surface area contributed by atoms with Gasteiger partial charge in [-0.05, 0) is 23.8 Å². The zero-order chi connectivity index (χ0) is 10.6. The summed E-state index contributed by atoms with van der Waals surface area (Å²) >= 11 is 9.14. The maximum absolute atomic E-state index is 10.7. The maximum Gasteiger partial charge on any atom is 0.267 e. The maximum atomic E-state index is 10.7. The van der Waals surface area contributed by atoms with Gasteiger partial charge < -0.3 is 0 Å². The predicted octanol–water partition coefficient (Wildman–Crippen LogP) is 2.62. The molecule has 0 unspecified atom stereocenters. The quantitative estimate of drug-likeness (QED) is 0.495. The van der Waals surface area contributed by atoms with Crippen molar-refractivity contribution in [2.45, 2.75) is 0 Å². The molecular weight excluding hydrogens is 269 g/mol. The van der Waals surface area contributed by atoms with E-state index < -0.39 is 5.91 Å². The summed E-state index contributed by atoms with van der Waals surface area (Å²) in [5.74, 6) is -0.594. The Morgan fingerprint density at radius 3 is 2.86 bits per heavy atom. The molecule has 0 bridgehead atoms. The zero-order valence-corrected chi connectivity index (χ0v) is 9.34. The number of benzene rings is 1. The minimum Gasteiger partial charge on any atom is -0.288 e. The smallest absolute Gasteiger partial charge is 0.267 e. The molecule has 0 fully saturated rings. The van der Waals surface area contributed by atoms with Gasteiger partial charge in [-0.15, -0.1) is 0 Å². The Hall–Kier alpha value is -0.840. The molecule has 14 heavy (non-hydrogen) atoms. The van der Waals surface area contributed by atoms with Gasteiger partial charge in [-0.3, -0.25) is 10.0 Å². The van der Waals surface area contributed by atoms with Gasteiger partial charge in [-0.25, -0.2) is 5.48 Å². The molecule has 0 aromatic heterocycles. The number of rotatable bonds is 2. The van der Waals surface area contributed by atoms with E-state index in [1.807, 2.05) is 6.07 Å². The third-order valence-electron chi connectivity index (χ3n) is 1.49. The van der Waals surface area contributed by atoms with Crippen molar-refractivity contribution in [1.82, 2.24) is 5.48 Å². The number of hydrogen-bond acceptors (Lipinski definition) is 2. The van der Waals surface area contributed by atoms with Crippen LogP contribution in [0.25, 0.3) is 6.08 Å². The second-order valence-electron chi connectivity index (χ2n) is 2.48. The highest BCUT2D eigenvalue weighted by Crippen LogP contribution is 2.22. The van der Waals surface area contributed by atoms with E-state index in [0.717, 1.165) is 4.47 Å². The van der Waals surface area contributed by atoms with Gasteiger partial charge in [0.05, 0.1) is 0 Å². The fourth-order valence-corrected chi connectivity index (χ4v) is 1.58. The highest BCUT2D eigenvalue weighted by atomic mass is 79.9. The van der Waals surface area contributed by atoms with Gasteiger partial charge in [0.1, 0.15) is 0 Å². The first-order valence-corrected chi connectivity index (χ1v) is 4.88. The molecule has 0 saturated carbocycles. The predicted molar refractivity (Wildman–Crippen MR) is 58.1 cm³/mol. The first-order chi connectivity index (χ1) is 6.63. The summed E-state index contributed by atoms with van der Waals surface area (Å²) in [6, 6.07) is 5.29. The first-order valence-electron chi connectivity index (χ1n) is 3.70. The van der Waals surface area contributed by atoms with E-state index in [0.29, 0.717) is 10.6 Å². The number of hydroxylamine groups is 1. The third kappa shape index (κ3) is 3.14. The number of hydrogen-bond donors (Lipinski definition) is 2. The molecule has 0 spiro atoms. The van der Waals surface area contributed by atoms with Crippen molar-refractivity contribution >= 4 is 39.5 Å². The molecule has 0 heterocycles. The van der Waals surface area contributed by atoms with Crippen LogP contribution in [0.1, 0.15) is 5.56 Å². The summed E-state index contributed by atoms with van der Waals surface area (Å²) in [5, 5.41) is 8.76. The molecule has 1 amide bonds. The van der Waals surface area contributed by atoms with Gasteiger partial charge in [0.2, 0.25) is 0 Å². The summed E-state index contributed by atoms with van der Waals surface area (Å²) in [6.45, 7) is 0. The van der Waals surface area contributed by atoms with E-state index in [-0.39, 0.29) is 0 Å². The number of carbonyl (C=O) groups is 1. The lowest BCUT2D eigenvalue weighted by molar-refractivity contribution is -0.124. The molecule has 1 rings (SSSR count). The van der Waals surface area contributed by atoms with Gasteiger partial charge in [-0.1, -0.05) is 33.6 Å². The first kappa shape index (κ1) is 11.2. The largest absolute Gasteiger partial charge is 0.288 e. The Balaban J connectivity index is 2.87. The van der Waals surface area contributed by atoms with E-state index in [2.05, 4.69) is 15.9 Å². The molecular formula is C9H7BrClNO2. The van der Waals surface area contributed by atoms with Crippen molar-refractivity contribution in [2.75, 3.05) is 0 Å². The average molecular weight is 277 g/mol. The second-order valence-corrected chi connectivity index (χ2v) is 3.80. The average Bonchev–Trinajstić information content (AvgIpc) is 2.16. The third-order valence-corrected chi connectivity index (χ3v) is 2.31. The van der Waals surface area contributed by atoms with Crippen LogP contribution >= 0.6 is 27.5 Å². The van der Waals surface area contributed by atoms with Gasteiger partial charge in [0.25, 0.3) is 5.91 Å². The van der Waals surface area contributed by atoms with Gasteiger partial charge in [0.15, 0.2) is 0 Å². The Bertz CT molecular complexity index is 379. The summed E-state index contributed by atoms with van der Waals surface area (Å²) in [4.78, 5) is 10.7. The van der Waals surface area contributed by atoms with Crippen LogP contribution in [0.4, 0.5) is 0 Å². The topological polar surface area (TPSA) is 49.3 Å². The molecule has 0 aliphatic carbocycles. The van der Waals surface area contributed by atoms with Crippen LogP contribution in [0.15, 0.2) is 28.7 Å². The molecule has 74 valence electrons. The lowest BCUT2D eigenvalue weighted by Crippen LogP contribution is -2.14. The van der Waals surface area contributed by atoms with Crippen molar-refractivity contribution in [3.05, 3.63) is 39.3 Å². The number of nitrogens with one attached hydrogen (secondary N) is 1. The van der Waals surface area contributed by atoms with Crippen molar-refractivity contribution in [3.63, 3.8) is 0 Å².